The zero-order chi connectivity index (χ0) is 17.2. The molecule has 0 saturated heterocycles. The number of hydrogen-bond acceptors (Lipinski definition) is 7. The van der Waals surface area contributed by atoms with Gasteiger partial charge in [-0.1, -0.05) is 11.3 Å². The Kier molecular flexibility index (Phi) is 4.90. The van der Waals surface area contributed by atoms with Gasteiger partial charge in [-0.2, -0.15) is 0 Å². The van der Waals surface area contributed by atoms with Crippen molar-refractivity contribution in [3.05, 3.63) is 34.3 Å². The lowest BCUT2D eigenvalue weighted by Crippen LogP contribution is -2.13. The minimum atomic E-state index is -3.80. The van der Waals surface area contributed by atoms with Crippen LogP contribution in [0.5, 0.6) is 0 Å². The number of thiazole rings is 1. The molecular weight excluding hydrogens is 338 g/mol. The number of sulfonamides is 1. The van der Waals surface area contributed by atoms with E-state index >= 15 is 0 Å². The van der Waals surface area contributed by atoms with E-state index in [-0.39, 0.29) is 21.5 Å². The first-order valence-corrected chi connectivity index (χ1v) is 9.08. The Labute approximate surface area is 138 Å². The third-order valence-corrected chi connectivity index (χ3v) is 5.55. The molecule has 124 valence electrons. The molecule has 1 aromatic heterocycles. The minimum absolute atomic E-state index is 0.0785. The van der Waals surface area contributed by atoms with Gasteiger partial charge in [0.25, 0.3) is 10.0 Å². The second-order valence-corrected chi connectivity index (χ2v) is 7.46. The van der Waals surface area contributed by atoms with E-state index in [2.05, 4.69) is 9.71 Å². The zero-order valence-electron chi connectivity index (χ0n) is 12.9. The maximum atomic E-state index is 12.4. The van der Waals surface area contributed by atoms with Gasteiger partial charge in [0.15, 0.2) is 5.13 Å². The fourth-order valence-electron chi connectivity index (χ4n) is 1.82. The molecule has 2 aromatic rings. The van der Waals surface area contributed by atoms with Gasteiger partial charge in [0.05, 0.1) is 17.2 Å². The number of nitrogens with two attached hydrogens (primary N) is 1. The van der Waals surface area contributed by atoms with Crippen molar-refractivity contribution in [2.75, 3.05) is 17.1 Å². The molecule has 0 fully saturated rings. The fourth-order valence-corrected chi connectivity index (χ4v) is 4.00. The Morgan fingerprint density at radius 2 is 2.09 bits per heavy atom. The lowest BCUT2D eigenvalue weighted by atomic mass is 10.2. The summed E-state index contributed by atoms with van der Waals surface area (Å²) in [7, 11) is -3.80. The van der Waals surface area contributed by atoms with Crippen LogP contribution in [0.1, 0.15) is 27.9 Å². The maximum absolute atomic E-state index is 12.4. The topological polar surface area (TPSA) is 111 Å². The number of aryl methyl sites for hydroxylation is 2. The van der Waals surface area contributed by atoms with E-state index in [1.165, 1.54) is 18.2 Å². The molecule has 0 aliphatic rings. The van der Waals surface area contributed by atoms with Crippen LogP contribution in [-0.4, -0.2) is 26.0 Å². The second kappa shape index (κ2) is 6.55. The first-order valence-electron chi connectivity index (χ1n) is 6.78. The third-order valence-electron chi connectivity index (χ3n) is 3.03. The SMILES string of the molecule is CCOC(=O)c1sc(NS(=O)(=O)c2ccc(N)c(C)c2)nc1C. The number of carbonyl (C=O) groups is 1. The molecule has 0 aliphatic carbocycles. The third kappa shape index (κ3) is 3.80. The molecular formula is C14H17N3O4S2. The van der Waals surface area contributed by atoms with Crippen molar-refractivity contribution in [1.82, 2.24) is 4.98 Å². The summed E-state index contributed by atoms with van der Waals surface area (Å²) in [6.45, 7) is 5.28. The molecule has 1 aromatic carbocycles. The van der Waals surface area contributed by atoms with E-state index < -0.39 is 16.0 Å². The lowest BCUT2D eigenvalue weighted by molar-refractivity contribution is 0.0531. The molecule has 0 bridgehead atoms. The van der Waals surface area contributed by atoms with Gasteiger partial charge < -0.3 is 10.5 Å². The highest BCUT2D eigenvalue weighted by molar-refractivity contribution is 7.93. The second-order valence-electron chi connectivity index (χ2n) is 4.78. The van der Waals surface area contributed by atoms with Crippen LogP contribution >= 0.6 is 11.3 Å². The molecule has 0 unspecified atom stereocenters. The molecule has 0 spiro atoms. The number of aromatic nitrogens is 1. The predicted octanol–water partition coefficient (Wildman–Crippen LogP) is 2.32. The molecule has 0 radical (unpaired) electrons. The smallest absolute Gasteiger partial charge is 0.350 e. The van der Waals surface area contributed by atoms with E-state index in [0.29, 0.717) is 16.9 Å². The van der Waals surface area contributed by atoms with Crippen molar-refractivity contribution in [1.29, 1.82) is 0 Å². The van der Waals surface area contributed by atoms with E-state index in [9.17, 15) is 13.2 Å². The highest BCUT2D eigenvalue weighted by atomic mass is 32.2. The molecule has 0 aliphatic heterocycles. The average Bonchev–Trinajstić information content (AvgIpc) is 2.82. The summed E-state index contributed by atoms with van der Waals surface area (Å²) in [6, 6.07) is 4.42. The number of nitrogens with one attached hydrogen (secondary N) is 1. The number of benzene rings is 1. The number of carbonyl (C=O) groups excluding carboxylic acids is 1. The Bertz CT molecular complexity index is 844. The highest BCUT2D eigenvalue weighted by Crippen LogP contribution is 2.26. The van der Waals surface area contributed by atoms with Crippen LogP contribution in [0.25, 0.3) is 0 Å². The van der Waals surface area contributed by atoms with E-state index in [1.54, 1.807) is 20.8 Å². The highest BCUT2D eigenvalue weighted by Gasteiger charge is 2.21. The molecule has 2 rings (SSSR count). The normalized spacial score (nSPS) is 11.3. The number of rotatable bonds is 5. The van der Waals surface area contributed by atoms with Crippen LogP contribution < -0.4 is 10.5 Å². The molecule has 0 atom stereocenters. The first kappa shape index (κ1) is 17.2. The van der Waals surface area contributed by atoms with Crippen LogP contribution in [0.4, 0.5) is 10.8 Å². The quantitative estimate of drug-likeness (QED) is 0.629. The number of hydrogen-bond donors (Lipinski definition) is 2. The summed E-state index contributed by atoms with van der Waals surface area (Å²) in [6.07, 6.45) is 0. The summed E-state index contributed by atoms with van der Waals surface area (Å²) in [4.78, 5) is 16.2. The first-order chi connectivity index (χ1) is 10.7. The standard InChI is InChI=1S/C14H17N3O4S2/c1-4-21-13(18)12-9(3)16-14(22-12)17-23(19,20)10-5-6-11(15)8(2)7-10/h5-7H,4,15H2,1-3H3,(H,16,17). The fraction of sp³-hybridized carbons (Fsp3) is 0.286. The molecule has 7 nitrogen and oxygen atoms in total. The molecule has 0 amide bonds. The van der Waals surface area contributed by atoms with Gasteiger partial charge in [0.1, 0.15) is 4.88 Å². The Hall–Kier alpha value is -2.13. The summed E-state index contributed by atoms with van der Waals surface area (Å²) >= 11 is 0.936. The van der Waals surface area contributed by atoms with Crippen LogP contribution in [0.3, 0.4) is 0 Å². The van der Waals surface area contributed by atoms with Crippen molar-refractivity contribution in [2.45, 2.75) is 25.7 Å². The maximum Gasteiger partial charge on any atom is 0.350 e. The Morgan fingerprint density at radius 1 is 1.39 bits per heavy atom. The molecule has 23 heavy (non-hydrogen) atoms. The largest absolute Gasteiger partial charge is 0.462 e. The molecule has 3 N–H and O–H groups in total. The van der Waals surface area contributed by atoms with Gasteiger partial charge >= 0.3 is 5.97 Å². The molecule has 9 heteroatoms. The summed E-state index contributed by atoms with van der Waals surface area (Å²) in [5.74, 6) is -0.517. The zero-order valence-corrected chi connectivity index (χ0v) is 14.5. The lowest BCUT2D eigenvalue weighted by Gasteiger charge is -2.07. The van der Waals surface area contributed by atoms with Crippen molar-refractivity contribution in [2.24, 2.45) is 0 Å². The summed E-state index contributed by atoms with van der Waals surface area (Å²) in [5, 5.41) is 0.111. The minimum Gasteiger partial charge on any atom is -0.462 e. The number of esters is 1. The molecule has 1 heterocycles. The summed E-state index contributed by atoms with van der Waals surface area (Å²) in [5.41, 5.74) is 7.28. The number of ether oxygens (including phenoxy) is 1. The van der Waals surface area contributed by atoms with Crippen LogP contribution in [0.15, 0.2) is 23.1 Å². The van der Waals surface area contributed by atoms with Gasteiger partial charge in [-0.15, -0.1) is 0 Å². The van der Waals surface area contributed by atoms with Crippen molar-refractivity contribution < 1.29 is 17.9 Å². The summed E-state index contributed by atoms with van der Waals surface area (Å²) < 4.78 is 32.0. The van der Waals surface area contributed by atoms with E-state index in [4.69, 9.17) is 10.5 Å². The average molecular weight is 355 g/mol. The van der Waals surface area contributed by atoms with Gasteiger partial charge in [0.2, 0.25) is 0 Å². The van der Waals surface area contributed by atoms with Crippen LogP contribution in [-0.2, 0) is 14.8 Å². The predicted molar refractivity (Wildman–Crippen MR) is 89.2 cm³/mol. The van der Waals surface area contributed by atoms with Gasteiger partial charge in [-0.25, -0.2) is 18.2 Å². The van der Waals surface area contributed by atoms with Crippen molar-refractivity contribution in [3.8, 4) is 0 Å². The van der Waals surface area contributed by atoms with Gasteiger partial charge in [-0.3, -0.25) is 4.72 Å². The van der Waals surface area contributed by atoms with E-state index in [0.717, 1.165) is 11.3 Å². The Balaban J connectivity index is 2.29. The number of nitrogens with zero attached hydrogens (tertiary/aromatic N) is 1. The van der Waals surface area contributed by atoms with Gasteiger partial charge in [-0.05, 0) is 44.5 Å². The van der Waals surface area contributed by atoms with E-state index in [1.807, 2.05) is 0 Å². The molecule has 0 saturated carbocycles. The van der Waals surface area contributed by atoms with Crippen LogP contribution in [0, 0.1) is 13.8 Å². The van der Waals surface area contributed by atoms with Crippen molar-refractivity contribution >= 4 is 38.1 Å². The van der Waals surface area contributed by atoms with Gasteiger partial charge in [0, 0.05) is 5.69 Å². The van der Waals surface area contributed by atoms with Crippen LogP contribution in [0.2, 0.25) is 0 Å². The Morgan fingerprint density at radius 3 is 2.70 bits per heavy atom. The number of anilines is 2. The monoisotopic (exact) mass is 355 g/mol. The number of nitrogen functional groups attached to an aromatic ring is 1. The van der Waals surface area contributed by atoms with Crippen molar-refractivity contribution in [3.63, 3.8) is 0 Å².